The quantitative estimate of drug-likeness (QED) is 0.535. The van der Waals surface area contributed by atoms with E-state index in [1.54, 1.807) is 0 Å². The van der Waals surface area contributed by atoms with E-state index in [9.17, 15) is 0 Å². The fourth-order valence-electron chi connectivity index (χ4n) is 0.855. The van der Waals surface area contributed by atoms with Crippen LogP contribution in [0.25, 0.3) is 0 Å². The summed E-state index contributed by atoms with van der Waals surface area (Å²) in [7, 11) is 0. The second kappa shape index (κ2) is 2.76. The Balaban J connectivity index is 2.43. The number of amidine groups is 1. The van der Waals surface area contributed by atoms with E-state index < -0.39 is 0 Å². The van der Waals surface area contributed by atoms with Gasteiger partial charge in [0.25, 0.3) is 0 Å². The van der Waals surface area contributed by atoms with E-state index in [-0.39, 0.29) is 0 Å². The summed E-state index contributed by atoms with van der Waals surface area (Å²) in [4.78, 5) is 8.46. The molecule has 0 amide bonds. The van der Waals surface area contributed by atoms with E-state index in [1.807, 2.05) is 6.92 Å². The average molecular weight is 124 g/mol. The monoisotopic (exact) mass is 124 g/mol. The highest BCUT2D eigenvalue weighted by molar-refractivity contribution is 6.02. The molecule has 0 unspecified atom stereocenters. The number of aliphatic imine (C=N–C) groups is 2. The molecule has 0 aromatic heterocycles. The maximum atomic E-state index is 4.24. The van der Waals surface area contributed by atoms with Crippen molar-refractivity contribution in [2.24, 2.45) is 9.98 Å². The Kier molecular flexibility index (Phi) is 1.98. The lowest BCUT2D eigenvalue weighted by Crippen LogP contribution is -1.89. The van der Waals surface area contributed by atoms with Gasteiger partial charge in [0, 0.05) is 12.1 Å². The zero-order chi connectivity index (χ0) is 6.69. The third-order valence-corrected chi connectivity index (χ3v) is 1.28. The second-order valence-electron chi connectivity index (χ2n) is 2.33. The van der Waals surface area contributed by atoms with Crippen molar-refractivity contribution in [2.75, 3.05) is 6.54 Å². The second-order valence-corrected chi connectivity index (χ2v) is 2.33. The summed E-state index contributed by atoms with van der Waals surface area (Å²) in [6.07, 6.45) is 2.19. The van der Waals surface area contributed by atoms with E-state index in [2.05, 4.69) is 16.9 Å². The van der Waals surface area contributed by atoms with Crippen LogP contribution in [0.4, 0.5) is 0 Å². The van der Waals surface area contributed by atoms with Crippen LogP contribution in [0.3, 0.4) is 0 Å². The van der Waals surface area contributed by atoms with Gasteiger partial charge in [-0.1, -0.05) is 6.92 Å². The molecule has 0 saturated carbocycles. The summed E-state index contributed by atoms with van der Waals surface area (Å²) >= 11 is 0. The van der Waals surface area contributed by atoms with E-state index >= 15 is 0 Å². The molecule has 0 saturated heterocycles. The Morgan fingerprint density at radius 3 is 2.78 bits per heavy atom. The smallest absolute Gasteiger partial charge is 0.123 e. The fourth-order valence-corrected chi connectivity index (χ4v) is 0.855. The highest BCUT2D eigenvalue weighted by Gasteiger charge is 2.02. The van der Waals surface area contributed by atoms with Crippen molar-refractivity contribution in [3.05, 3.63) is 0 Å². The largest absolute Gasteiger partial charge is 0.264 e. The first-order valence-corrected chi connectivity index (χ1v) is 3.40. The van der Waals surface area contributed by atoms with Crippen LogP contribution >= 0.6 is 0 Å². The highest BCUT2D eigenvalue weighted by Crippen LogP contribution is 2.01. The molecule has 0 aliphatic carbocycles. The van der Waals surface area contributed by atoms with Crippen LogP contribution in [0.15, 0.2) is 9.98 Å². The Hall–Kier alpha value is -0.660. The lowest BCUT2D eigenvalue weighted by molar-refractivity contribution is 0.983. The van der Waals surface area contributed by atoms with Crippen LogP contribution in [0.1, 0.15) is 26.7 Å². The molecule has 0 fully saturated rings. The molecule has 1 heterocycles. The van der Waals surface area contributed by atoms with E-state index in [4.69, 9.17) is 0 Å². The molecule has 2 nitrogen and oxygen atoms in total. The van der Waals surface area contributed by atoms with Crippen molar-refractivity contribution >= 4 is 11.5 Å². The Morgan fingerprint density at radius 2 is 2.33 bits per heavy atom. The van der Waals surface area contributed by atoms with Gasteiger partial charge in [-0.05, 0) is 13.3 Å². The average Bonchev–Trinajstić information content (AvgIpc) is 2.17. The van der Waals surface area contributed by atoms with Gasteiger partial charge in [0.1, 0.15) is 5.84 Å². The van der Waals surface area contributed by atoms with Gasteiger partial charge in [-0.25, -0.2) is 4.99 Å². The van der Waals surface area contributed by atoms with Crippen molar-refractivity contribution in [2.45, 2.75) is 26.7 Å². The van der Waals surface area contributed by atoms with Gasteiger partial charge >= 0.3 is 0 Å². The molecule has 0 atom stereocenters. The third kappa shape index (κ3) is 1.63. The molecule has 9 heavy (non-hydrogen) atoms. The maximum absolute atomic E-state index is 4.24. The number of nitrogens with zero attached hydrogens (tertiary/aromatic N) is 2. The zero-order valence-corrected chi connectivity index (χ0v) is 6.02. The minimum absolute atomic E-state index is 0.829. The molecular weight excluding hydrogens is 112 g/mol. The fraction of sp³-hybridized carbons (Fsp3) is 0.714. The summed E-state index contributed by atoms with van der Waals surface area (Å²) in [5.74, 6) is 1.04. The molecule has 1 aliphatic heterocycles. The number of hydrogen-bond donors (Lipinski definition) is 0. The molecule has 0 spiro atoms. The van der Waals surface area contributed by atoms with Crippen LogP contribution in [-0.4, -0.2) is 18.1 Å². The van der Waals surface area contributed by atoms with Crippen LogP contribution in [0.2, 0.25) is 0 Å². The lowest BCUT2D eigenvalue weighted by atomic mass is 10.3. The first kappa shape index (κ1) is 6.46. The lowest BCUT2D eigenvalue weighted by Gasteiger charge is -1.88. The van der Waals surface area contributed by atoms with Gasteiger partial charge in [0.2, 0.25) is 0 Å². The Morgan fingerprint density at radius 1 is 1.56 bits per heavy atom. The standard InChI is InChI=1S/C7H12N2/c1-3-4-7-8-5-6(2)9-7/h3-5H2,1-2H3. The van der Waals surface area contributed by atoms with Crippen molar-refractivity contribution in [3.63, 3.8) is 0 Å². The van der Waals surface area contributed by atoms with Gasteiger partial charge in [-0.2, -0.15) is 0 Å². The molecule has 1 rings (SSSR count). The van der Waals surface area contributed by atoms with Crippen molar-refractivity contribution < 1.29 is 0 Å². The topological polar surface area (TPSA) is 24.7 Å². The van der Waals surface area contributed by atoms with Crippen LogP contribution in [0, 0.1) is 0 Å². The number of hydrogen-bond acceptors (Lipinski definition) is 2. The molecule has 0 aromatic carbocycles. The predicted molar refractivity (Wildman–Crippen MR) is 40.3 cm³/mol. The third-order valence-electron chi connectivity index (χ3n) is 1.28. The molecule has 0 radical (unpaired) electrons. The van der Waals surface area contributed by atoms with Crippen LogP contribution < -0.4 is 0 Å². The highest BCUT2D eigenvalue weighted by atomic mass is 15.0. The van der Waals surface area contributed by atoms with Gasteiger partial charge in [-0.3, -0.25) is 4.99 Å². The summed E-state index contributed by atoms with van der Waals surface area (Å²) in [5.41, 5.74) is 1.15. The van der Waals surface area contributed by atoms with Crippen molar-refractivity contribution in [1.29, 1.82) is 0 Å². The molecule has 0 N–H and O–H groups in total. The Labute approximate surface area is 55.7 Å². The van der Waals surface area contributed by atoms with Gasteiger partial charge in [-0.15, -0.1) is 0 Å². The first-order chi connectivity index (χ1) is 4.33. The predicted octanol–water partition coefficient (Wildman–Crippen LogP) is 1.66. The number of rotatable bonds is 2. The SMILES string of the molecule is CCCC1=NCC(C)=N1. The van der Waals surface area contributed by atoms with Gasteiger partial charge in [0.15, 0.2) is 0 Å². The van der Waals surface area contributed by atoms with Crippen molar-refractivity contribution in [3.8, 4) is 0 Å². The van der Waals surface area contributed by atoms with Crippen molar-refractivity contribution in [1.82, 2.24) is 0 Å². The van der Waals surface area contributed by atoms with E-state index in [0.717, 1.165) is 30.9 Å². The zero-order valence-electron chi connectivity index (χ0n) is 6.02. The van der Waals surface area contributed by atoms with E-state index in [0.29, 0.717) is 0 Å². The molecular formula is C7H12N2. The maximum Gasteiger partial charge on any atom is 0.123 e. The van der Waals surface area contributed by atoms with Gasteiger partial charge in [0.05, 0.1) is 6.54 Å². The molecule has 0 aromatic rings. The van der Waals surface area contributed by atoms with E-state index in [1.165, 1.54) is 0 Å². The Bertz CT molecular complexity index is 156. The summed E-state index contributed by atoms with van der Waals surface area (Å²) < 4.78 is 0. The molecule has 0 bridgehead atoms. The van der Waals surface area contributed by atoms with Crippen LogP contribution in [0.5, 0.6) is 0 Å². The molecule has 2 heteroatoms. The van der Waals surface area contributed by atoms with Gasteiger partial charge < -0.3 is 0 Å². The minimum Gasteiger partial charge on any atom is -0.264 e. The molecule has 1 aliphatic rings. The minimum atomic E-state index is 0.829. The summed E-state index contributed by atoms with van der Waals surface area (Å²) in [5, 5.41) is 0. The first-order valence-electron chi connectivity index (χ1n) is 3.40. The molecule has 50 valence electrons. The summed E-state index contributed by atoms with van der Waals surface area (Å²) in [6.45, 7) is 4.99. The normalized spacial score (nSPS) is 17.6. The van der Waals surface area contributed by atoms with Crippen LogP contribution in [-0.2, 0) is 0 Å². The summed E-state index contributed by atoms with van der Waals surface area (Å²) in [6, 6.07) is 0.